The molecule has 3 aromatic carbocycles. The van der Waals surface area contributed by atoms with Crippen molar-refractivity contribution < 1.29 is 27.5 Å². The SMILES string of the molecule is CCc1c(C(=O)NCC(C)(C)C)ccc2nn(CC3CCN(C(=O)c4ccc(Oc5ccc(C(F)(F)F)cc5)cc4)CC3)cc12. The number of ether oxygens (including phenoxy) is 1. The van der Waals surface area contributed by atoms with Gasteiger partial charge >= 0.3 is 6.18 Å². The van der Waals surface area contributed by atoms with Crippen LogP contribution in [0.2, 0.25) is 0 Å². The average molecular weight is 621 g/mol. The van der Waals surface area contributed by atoms with Crippen molar-refractivity contribution in [1.82, 2.24) is 20.0 Å². The molecule has 0 atom stereocenters. The summed E-state index contributed by atoms with van der Waals surface area (Å²) in [6.45, 7) is 10.9. The van der Waals surface area contributed by atoms with Crippen LogP contribution in [-0.2, 0) is 19.1 Å². The van der Waals surface area contributed by atoms with Gasteiger partial charge in [0.2, 0.25) is 0 Å². The monoisotopic (exact) mass is 620 g/mol. The van der Waals surface area contributed by atoms with Crippen molar-refractivity contribution in [2.75, 3.05) is 19.6 Å². The fourth-order valence-electron chi connectivity index (χ4n) is 5.61. The van der Waals surface area contributed by atoms with Crippen LogP contribution in [0.25, 0.3) is 10.9 Å². The van der Waals surface area contributed by atoms with Crippen LogP contribution in [0.15, 0.2) is 66.9 Å². The second kappa shape index (κ2) is 12.9. The minimum absolute atomic E-state index is 0.00227. The van der Waals surface area contributed by atoms with Crippen molar-refractivity contribution in [2.24, 2.45) is 11.3 Å². The second-order valence-electron chi connectivity index (χ2n) is 12.9. The van der Waals surface area contributed by atoms with Crippen LogP contribution < -0.4 is 10.1 Å². The Balaban J connectivity index is 1.16. The number of nitrogens with zero attached hydrogens (tertiary/aromatic N) is 3. The minimum atomic E-state index is -4.40. The van der Waals surface area contributed by atoms with E-state index >= 15 is 0 Å². The van der Waals surface area contributed by atoms with Crippen LogP contribution in [0.4, 0.5) is 13.2 Å². The first-order valence-corrected chi connectivity index (χ1v) is 15.3. The zero-order valence-electron chi connectivity index (χ0n) is 26.1. The molecule has 1 N–H and O–H groups in total. The van der Waals surface area contributed by atoms with Gasteiger partial charge in [-0.3, -0.25) is 14.3 Å². The third-order valence-corrected chi connectivity index (χ3v) is 8.09. The Morgan fingerprint density at radius 1 is 0.933 bits per heavy atom. The summed E-state index contributed by atoms with van der Waals surface area (Å²) >= 11 is 0. The van der Waals surface area contributed by atoms with Crippen LogP contribution in [0.5, 0.6) is 11.5 Å². The third-order valence-electron chi connectivity index (χ3n) is 8.09. The summed E-state index contributed by atoms with van der Waals surface area (Å²) in [6.07, 6.45) is 0.0547. The van der Waals surface area contributed by atoms with Crippen molar-refractivity contribution in [1.29, 1.82) is 0 Å². The van der Waals surface area contributed by atoms with Gasteiger partial charge in [0.15, 0.2) is 0 Å². The lowest BCUT2D eigenvalue weighted by Gasteiger charge is -2.32. The highest BCUT2D eigenvalue weighted by molar-refractivity contribution is 6.00. The van der Waals surface area contributed by atoms with Gasteiger partial charge in [0.05, 0.1) is 11.1 Å². The molecule has 2 heterocycles. The van der Waals surface area contributed by atoms with Crippen molar-refractivity contribution in [2.45, 2.75) is 59.7 Å². The number of hydrogen-bond acceptors (Lipinski definition) is 4. The number of alkyl halides is 3. The Labute approximate surface area is 261 Å². The number of fused-ring (bicyclic) bond motifs is 1. The summed E-state index contributed by atoms with van der Waals surface area (Å²) in [5, 5.41) is 8.86. The molecule has 0 aliphatic carbocycles. The van der Waals surface area contributed by atoms with E-state index in [4.69, 9.17) is 9.84 Å². The van der Waals surface area contributed by atoms with Gasteiger partial charge in [-0.2, -0.15) is 18.3 Å². The molecule has 1 aliphatic heterocycles. The number of aryl methyl sites for hydroxylation is 1. The van der Waals surface area contributed by atoms with Crippen LogP contribution in [0, 0.1) is 11.3 Å². The Morgan fingerprint density at radius 3 is 2.13 bits per heavy atom. The molecule has 45 heavy (non-hydrogen) atoms. The first-order valence-electron chi connectivity index (χ1n) is 15.3. The molecule has 10 heteroatoms. The van der Waals surface area contributed by atoms with E-state index in [9.17, 15) is 22.8 Å². The van der Waals surface area contributed by atoms with Gasteiger partial charge < -0.3 is 15.0 Å². The maximum Gasteiger partial charge on any atom is 0.416 e. The number of carbonyl (C=O) groups is 2. The number of amides is 2. The van der Waals surface area contributed by atoms with Crippen LogP contribution in [0.1, 0.15) is 72.4 Å². The molecule has 0 bridgehead atoms. The number of aromatic nitrogens is 2. The molecule has 1 fully saturated rings. The number of halogens is 3. The molecule has 0 radical (unpaired) electrons. The molecular formula is C35H39F3N4O3. The Morgan fingerprint density at radius 2 is 1.56 bits per heavy atom. The zero-order valence-corrected chi connectivity index (χ0v) is 26.1. The van der Waals surface area contributed by atoms with Gasteiger partial charge in [-0.15, -0.1) is 0 Å². The molecule has 238 valence electrons. The van der Waals surface area contributed by atoms with Crippen molar-refractivity contribution in [3.63, 3.8) is 0 Å². The summed E-state index contributed by atoms with van der Waals surface area (Å²) in [7, 11) is 0. The molecule has 1 aliphatic rings. The number of nitrogens with one attached hydrogen (secondary N) is 1. The lowest BCUT2D eigenvalue weighted by atomic mass is 9.96. The minimum Gasteiger partial charge on any atom is -0.457 e. The summed E-state index contributed by atoms with van der Waals surface area (Å²) in [5.41, 5.74) is 2.35. The number of hydrogen-bond donors (Lipinski definition) is 1. The second-order valence-corrected chi connectivity index (χ2v) is 12.9. The maximum atomic E-state index is 13.2. The van der Waals surface area contributed by atoms with Crippen LogP contribution in [-0.4, -0.2) is 46.1 Å². The summed E-state index contributed by atoms with van der Waals surface area (Å²) in [4.78, 5) is 28.0. The molecule has 5 rings (SSSR count). The largest absolute Gasteiger partial charge is 0.457 e. The number of rotatable bonds is 8. The standard InChI is InChI=1S/C35H39F3N4O3/c1-5-28-29(32(43)39-22-34(2,3)4)14-15-31-30(28)21-42(40-31)20-23-16-18-41(19-17-23)33(44)24-6-10-26(11-7-24)45-27-12-8-25(9-13-27)35(36,37)38/h6-15,21,23H,5,16-20,22H2,1-4H3,(H,39,43). The summed E-state index contributed by atoms with van der Waals surface area (Å²) in [5.74, 6) is 0.948. The van der Waals surface area contributed by atoms with Crippen LogP contribution >= 0.6 is 0 Å². The van der Waals surface area contributed by atoms with E-state index in [0.29, 0.717) is 42.4 Å². The van der Waals surface area contributed by atoms with E-state index in [0.717, 1.165) is 54.4 Å². The quantitative estimate of drug-likeness (QED) is 0.219. The van der Waals surface area contributed by atoms with Gasteiger partial charge in [0, 0.05) is 48.9 Å². The zero-order chi connectivity index (χ0) is 32.4. The Hall–Kier alpha value is -4.34. The van der Waals surface area contributed by atoms with Gasteiger partial charge in [-0.25, -0.2) is 0 Å². The molecule has 1 aromatic heterocycles. The van der Waals surface area contributed by atoms with E-state index in [-0.39, 0.29) is 23.0 Å². The maximum absolute atomic E-state index is 13.2. The molecular weight excluding hydrogens is 581 g/mol. The van der Waals surface area contributed by atoms with E-state index in [2.05, 4.69) is 33.0 Å². The highest BCUT2D eigenvalue weighted by Gasteiger charge is 2.30. The molecule has 1 saturated heterocycles. The molecule has 2 amide bonds. The van der Waals surface area contributed by atoms with Crippen LogP contribution in [0.3, 0.4) is 0 Å². The lowest BCUT2D eigenvalue weighted by molar-refractivity contribution is -0.137. The topological polar surface area (TPSA) is 76.5 Å². The fraction of sp³-hybridized carbons (Fsp3) is 0.400. The van der Waals surface area contributed by atoms with E-state index in [1.54, 1.807) is 24.3 Å². The van der Waals surface area contributed by atoms with Crippen molar-refractivity contribution in [3.8, 4) is 11.5 Å². The smallest absolute Gasteiger partial charge is 0.416 e. The van der Waals surface area contributed by atoms with E-state index < -0.39 is 11.7 Å². The molecule has 0 spiro atoms. The number of piperidine rings is 1. The van der Waals surface area contributed by atoms with Crippen molar-refractivity contribution >= 4 is 22.7 Å². The first-order chi connectivity index (χ1) is 21.3. The summed E-state index contributed by atoms with van der Waals surface area (Å²) in [6, 6.07) is 14.9. The molecule has 4 aromatic rings. The predicted molar refractivity (Wildman–Crippen MR) is 167 cm³/mol. The molecule has 0 saturated carbocycles. The summed E-state index contributed by atoms with van der Waals surface area (Å²) < 4.78 is 46.0. The highest BCUT2D eigenvalue weighted by Crippen LogP contribution is 2.32. The third kappa shape index (κ3) is 7.85. The van der Waals surface area contributed by atoms with Crippen molar-refractivity contribution in [3.05, 3.63) is 89.1 Å². The Bertz CT molecular complexity index is 1650. The highest BCUT2D eigenvalue weighted by atomic mass is 19.4. The van der Waals surface area contributed by atoms with Gasteiger partial charge in [0.25, 0.3) is 11.8 Å². The number of benzene rings is 3. The van der Waals surface area contributed by atoms with Gasteiger partial charge in [-0.05, 0) is 96.8 Å². The molecule has 7 nitrogen and oxygen atoms in total. The normalized spacial score (nSPS) is 14.5. The average Bonchev–Trinajstić information content (AvgIpc) is 3.42. The molecule has 0 unspecified atom stereocenters. The predicted octanol–water partition coefficient (Wildman–Crippen LogP) is 7.74. The van der Waals surface area contributed by atoms with Gasteiger partial charge in [-0.1, -0.05) is 27.7 Å². The lowest BCUT2D eigenvalue weighted by Crippen LogP contribution is -2.39. The fourth-order valence-corrected chi connectivity index (χ4v) is 5.61. The Kier molecular flexibility index (Phi) is 9.23. The number of likely N-dealkylation sites (tertiary alicyclic amines) is 1. The number of carbonyl (C=O) groups excluding carboxylic acids is 2. The first kappa shape index (κ1) is 32.1. The van der Waals surface area contributed by atoms with E-state index in [1.165, 1.54) is 12.1 Å². The van der Waals surface area contributed by atoms with Gasteiger partial charge in [0.1, 0.15) is 11.5 Å². The van der Waals surface area contributed by atoms with E-state index in [1.807, 2.05) is 27.9 Å².